The molecule has 1 aliphatic heterocycles. The van der Waals surface area contributed by atoms with E-state index < -0.39 is 0 Å². The number of aromatic nitrogens is 1. The third kappa shape index (κ3) is 6.70. The number of hydrogen-bond donors (Lipinski definition) is 1. The predicted molar refractivity (Wildman–Crippen MR) is 134 cm³/mol. The number of para-hydroxylation sites is 1. The van der Waals surface area contributed by atoms with Gasteiger partial charge in [0.2, 0.25) is 5.91 Å². The Labute approximate surface area is 203 Å². The Morgan fingerprint density at radius 2 is 1.88 bits per heavy atom. The standard InChI is InChI=1S/C28H40N2O4/c1-3-4-15-33-28-20(2)26(30-25-8-6-5-7-24(25)28)19-34-23-11-9-22(10-12-23)29-27(31)18-21-13-16-32-17-14-21/h5-8,21-23H,3-4,9-19H2,1-2H3,(H,29,31). The number of benzene rings is 1. The number of amides is 1. The third-order valence-corrected chi connectivity index (χ3v) is 7.23. The quantitative estimate of drug-likeness (QED) is 0.468. The van der Waals surface area contributed by atoms with Crippen molar-refractivity contribution >= 4 is 16.8 Å². The van der Waals surface area contributed by atoms with Gasteiger partial charge >= 0.3 is 0 Å². The molecule has 6 nitrogen and oxygen atoms in total. The van der Waals surface area contributed by atoms with E-state index in [1.807, 2.05) is 18.2 Å². The summed E-state index contributed by atoms with van der Waals surface area (Å²) >= 11 is 0. The van der Waals surface area contributed by atoms with Crippen molar-refractivity contribution in [3.8, 4) is 5.75 Å². The van der Waals surface area contributed by atoms with E-state index in [9.17, 15) is 4.79 Å². The second kappa shape index (κ2) is 12.5. The number of hydrogen-bond acceptors (Lipinski definition) is 5. The minimum atomic E-state index is 0.197. The molecule has 2 fully saturated rings. The number of rotatable bonds is 10. The van der Waals surface area contributed by atoms with Gasteiger partial charge in [-0.1, -0.05) is 25.5 Å². The molecule has 2 heterocycles. The van der Waals surface area contributed by atoms with Crippen molar-refractivity contribution in [3.05, 3.63) is 35.5 Å². The summed E-state index contributed by atoms with van der Waals surface area (Å²) in [4.78, 5) is 17.3. The molecule has 1 amide bonds. The number of unbranched alkanes of at least 4 members (excludes halogenated alkanes) is 1. The van der Waals surface area contributed by atoms with Crippen LogP contribution in [0.2, 0.25) is 0 Å². The molecule has 2 aromatic rings. The second-order valence-electron chi connectivity index (χ2n) is 9.84. The van der Waals surface area contributed by atoms with Gasteiger partial charge in [0.05, 0.1) is 30.5 Å². The molecule has 1 saturated carbocycles. The molecule has 1 saturated heterocycles. The van der Waals surface area contributed by atoms with Gasteiger partial charge in [-0.2, -0.15) is 0 Å². The molecule has 1 aliphatic carbocycles. The lowest BCUT2D eigenvalue weighted by Gasteiger charge is -2.30. The monoisotopic (exact) mass is 468 g/mol. The van der Waals surface area contributed by atoms with Gasteiger partial charge < -0.3 is 19.5 Å². The molecule has 0 spiro atoms. The van der Waals surface area contributed by atoms with Crippen LogP contribution in [0.25, 0.3) is 10.9 Å². The van der Waals surface area contributed by atoms with Crippen LogP contribution in [0.4, 0.5) is 0 Å². The summed E-state index contributed by atoms with van der Waals surface area (Å²) in [6.07, 6.45) is 8.87. The Morgan fingerprint density at radius 3 is 2.65 bits per heavy atom. The van der Waals surface area contributed by atoms with Gasteiger partial charge in [-0.15, -0.1) is 0 Å². The van der Waals surface area contributed by atoms with Crippen molar-refractivity contribution in [3.63, 3.8) is 0 Å². The van der Waals surface area contributed by atoms with Gasteiger partial charge in [-0.25, -0.2) is 4.98 Å². The van der Waals surface area contributed by atoms with Gasteiger partial charge in [0, 0.05) is 36.6 Å². The van der Waals surface area contributed by atoms with E-state index in [1.165, 1.54) is 0 Å². The predicted octanol–water partition coefficient (Wildman–Crippen LogP) is 5.48. The lowest BCUT2D eigenvalue weighted by atomic mass is 9.92. The van der Waals surface area contributed by atoms with Crippen LogP contribution in [-0.4, -0.2) is 42.9 Å². The van der Waals surface area contributed by atoms with Gasteiger partial charge in [-0.3, -0.25) is 4.79 Å². The molecule has 0 bridgehead atoms. The maximum absolute atomic E-state index is 12.4. The Balaban J connectivity index is 1.28. The largest absolute Gasteiger partial charge is 0.493 e. The molecule has 0 radical (unpaired) electrons. The van der Waals surface area contributed by atoms with Gasteiger partial charge in [0.25, 0.3) is 0 Å². The average molecular weight is 469 g/mol. The Hall–Kier alpha value is -2.18. The Kier molecular flexibility index (Phi) is 9.17. The number of ether oxygens (including phenoxy) is 3. The smallest absolute Gasteiger partial charge is 0.220 e. The Morgan fingerprint density at radius 1 is 1.12 bits per heavy atom. The van der Waals surface area contributed by atoms with Crippen LogP contribution >= 0.6 is 0 Å². The zero-order valence-corrected chi connectivity index (χ0v) is 20.8. The molecule has 4 rings (SSSR count). The molecular weight excluding hydrogens is 428 g/mol. The van der Waals surface area contributed by atoms with Crippen LogP contribution in [0.5, 0.6) is 5.75 Å². The van der Waals surface area contributed by atoms with Crippen molar-refractivity contribution in [2.45, 2.75) is 90.4 Å². The summed E-state index contributed by atoms with van der Waals surface area (Å²) in [5.74, 6) is 1.61. The highest BCUT2D eigenvalue weighted by Gasteiger charge is 2.25. The minimum Gasteiger partial charge on any atom is -0.493 e. The normalized spacial score (nSPS) is 21.5. The maximum atomic E-state index is 12.4. The Bertz CT molecular complexity index is 933. The van der Waals surface area contributed by atoms with Gasteiger partial charge in [-0.05, 0) is 69.9 Å². The fourth-order valence-corrected chi connectivity index (χ4v) is 5.04. The molecule has 1 N–H and O–H groups in total. The van der Waals surface area contributed by atoms with Crippen molar-refractivity contribution < 1.29 is 19.0 Å². The molecule has 1 aromatic carbocycles. The summed E-state index contributed by atoms with van der Waals surface area (Å²) in [6, 6.07) is 8.44. The highest BCUT2D eigenvalue weighted by Crippen LogP contribution is 2.32. The van der Waals surface area contributed by atoms with E-state index in [2.05, 4.69) is 25.2 Å². The summed E-state index contributed by atoms with van der Waals surface area (Å²) in [5, 5.41) is 4.32. The molecule has 34 heavy (non-hydrogen) atoms. The first-order valence-electron chi connectivity index (χ1n) is 13.1. The van der Waals surface area contributed by atoms with Crippen LogP contribution in [0.15, 0.2) is 24.3 Å². The molecule has 0 unspecified atom stereocenters. The van der Waals surface area contributed by atoms with Crippen molar-refractivity contribution in [2.24, 2.45) is 5.92 Å². The summed E-state index contributed by atoms with van der Waals surface area (Å²) in [6.45, 7) is 7.05. The topological polar surface area (TPSA) is 69.7 Å². The van der Waals surface area contributed by atoms with Crippen molar-refractivity contribution in [1.82, 2.24) is 10.3 Å². The summed E-state index contributed by atoms with van der Waals surface area (Å²) in [5.41, 5.74) is 2.98. The molecule has 186 valence electrons. The van der Waals surface area contributed by atoms with E-state index in [-0.39, 0.29) is 18.1 Å². The third-order valence-electron chi connectivity index (χ3n) is 7.23. The highest BCUT2D eigenvalue weighted by molar-refractivity contribution is 5.86. The van der Waals surface area contributed by atoms with E-state index in [4.69, 9.17) is 19.2 Å². The SMILES string of the molecule is CCCCOc1c(C)c(COC2CCC(NC(=O)CC3CCOCC3)CC2)nc2ccccc12. The van der Waals surface area contributed by atoms with Crippen LogP contribution in [0.1, 0.15) is 76.0 Å². The number of carbonyl (C=O) groups is 1. The summed E-state index contributed by atoms with van der Waals surface area (Å²) < 4.78 is 17.9. The van der Waals surface area contributed by atoms with Crippen molar-refractivity contribution in [1.29, 1.82) is 0 Å². The number of fused-ring (bicyclic) bond motifs is 1. The lowest BCUT2D eigenvalue weighted by molar-refractivity contribution is -0.123. The van der Waals surface area contributed by atoms with E-state index in [0.717, 1.165) is 99.1 Å². The fraction of sp³-hybridized carbons (Fsp3) is 0.643. The van der Waals surface area contributed by atoms with E-state index in [0.29, 0.717) is 18.9 Å². The van der Waals surface area contributed by atoms with Gasteiger partial charge in [0.15, 0.2) is 0 Å². The summed E-state index contributed by atoms with van der Waals surface area (Å²) in [7, 11) is 0. The zero-order valence-electron chi connectivity index (χ0n) is 20.8. The lowest BCUT2D eigenvalue weighted by Crippen LogP contribution is -2.40. The molecule has 0 atom stereocenters. The molecule has 1 aromatic heterocycles. The maximum Gasteiger partial charge on any atom is 0.220 e. The molecule has 6 heteroatoms. The van der Waals surface area contributed by atoms with Gasteiger partial charge in [0.1, 0.15) is 5.75 Å². The minimum absolute atomic E-state index is 0.197. The first kappa shape index (κ1) is 24.9. The van der Waals surface area contributed by atoms with Crippen LogP contribution in [0, 0.1) is 12.8 Å². The number of carbonyl (C=O) groups excluding carboxylic acids is 1. The zero-order chi connectivity index (χ0) is 23.8. The molecule has 2 aliphatic rings. The first-order chi connectivity index (χ1) is 16.6. The number of nitrogens with one attached hydrogen (secondary N) is 1. The number of pyridine rings is 1. The van der Waals surface area contributed by atoms with Crippen molar-refractivity contribution in [2.75, 3.05) is 19.8 Å². The van der Waals surface area contributed by atoms with Crippen LogP contribution < -0.4 is 10.1 Å². The highest BCUT2D eigenvalue weighted by atomic mass is 16.5. The van der Waals surface area contributed by atoms with E-state index in [1.54, 1.807) is 0 Å². The number of nitrogens with zero attached hydrogens (tertiary/aromatic N) is 1. The average Bonchev–Trinajstić information content (AvgIpc) is 2.86. The fourth-order valence-electron chi connectivity index (χ4n) is 5.04. The van der Waals surface area contributed by atoms with E-state index >= 15 is 0 Å². The first-order valence-corrected chi connectivity index (χ1v) is 13.1. The van der Waals surface area contributed by atoms with Crippen LogP contribution in [0.3, 0.4) is 0 Å². The van der Waals surface area contributed by atoms with Crippen LogP contribution in [-0.2, 0) is 20.9 Å². The second-order valence-corrected chi connectivity index (χ2v) is 9.84. The molecular formula is C28H40N2O4.